The van der Waals surface area contributed by atoms with E-state index in [4.69, 9.17) is 19.2 Å². The molecule has 0 unspecified atom stereocenters. The fraction of sp³-hybridized carbons (Fsp3) is 0.243. The average Bonchev–Trinajstić information content (AvgIpc) is 3.56. The molecule has 1 amide bonds. The van der Waals surface area contributed by atoms with E-state index in [0.717, 1.165) is 33.0 Å². The maximum Gasteiger partial charge on any atom is 0.273 e. The van der Waals surface area contributed by atoms with Crippen LogP contribution in [0.15, 0.2) is 102 Å². The van der Waals surface area contributed by atoms with Crippen LogP contribution in [-0.2, 0) is 32.7 Å². The maximum atomic E-state index is 13.6. The summed E-state index contributed by atoms with van der Waals surface area (Å²) in [5, 5.41) is 2.65. The number of benzene rings is 4. The van der Waals surface area contributed by atoms with E-state index in [9.17, 15) is 9.18 Å². The van der Waals surface area contributed by atoms with Crippen LogP contribution in [0.25, 0.3) is 0 Å². The molecule has 0 aliphatic heterocycles. The van der Waals surface area contributed by atoms with Gasteiger partial charge < -0.3 is 19.1 Å². The first-order valence-electron chi connectivity index (χ1n) is 15.0. The first-order valence-corrected chi connectivity index (χ1v) is 15.9. The number of halogens is 1. The molecule has 0 radical (unpaired) electrons. The van der Waals surface area contributed by atoms with Crippen molar-refractivity contribution < 1.29 is 23.4 Å². The van der Waals surface area contributed by atoms with E-state index < -0.39 is 0 Å². The van der Waals surface area contributed by atoms with Crippen LogP contribution in [0.4, 0.5) is 4.39 Å². The normalized spacial score (nSPS) is 11.0. The Morgan fingerprint density at radius 3 is 2.11 bits per heavy atom. The summed E-state index contributed by atoms with van der Waals surface area (Å²) in [6.45, 7) is 2.82. The lowest BCUT2D eigenvalue weighted by Gasteiger charge is -2.22. The van der Waals surface area contributed by atoms with Gasteiger partial charge >= 0.3 is 0 Å². The SMILES string of the molecule is COc1ccc(CCN(C)C(=O)c2csc(CN(Cc3ccc(F)cc3)Cc3ccc(OCc4ccccc4)cc3)n2)cc1OC. The van der Waals surface area contributed by atoms with Gasteiger partial charge in [-0.3, -0.25) is 9.69 Å². The maximum absolute atomic E-state index is 13.6. The van der Waals surface area contributed by atoms with Crippen molar-refractivity contribution in [3.05, 3.63) is 141 Å². The number of hydrogen-bond acceptors (Lipinski definition) is 7. The summed E-state index contributed by atoms with van der Waals surface area (Å²) in [6, 6.07) is 30.5. The predicted molar refractivity (Wildman–Crippen MR) is 179 cm³/mol. The van der Waals surface area contributed by atoms with Gasteiger partial charge in [-0.25, -0.2) is 9.37 Å². The third kappa shape index (κ3) is 9.15. The topological polar surface area (TPSA) is 64.1 Å². The van der Waals surface area contributed by atoms with Gasteiger partial charge in [0.2, 0.25) is 0 Å². The fourth-order valence-electron chi connectivity index (χ4n) is 5.01. The van der Waals surface area contributed by atoms with E-state index in [1.54, 1.807) is 38.3 Å². The second kappa shape index (κ2) is 16.0. The summed E-state index contributed by atoms with van der Waals surface area (Å²) in [5.74, 6) is 1.74. The number of likely N-dealkylation sites (N-methyl/N-ethyl adjacent to an activating group) is 1. The Hall–Kier alpha value is -4.73. The minimum atomic E-state index is -0.264. The van der Waals surface area contributed by atoms with Gasteiger partial charge in [0.15, 0.2) is 11.5 Å². The molecular formula is C37H38FN3O4S. The van der Waals surface area contributed by atoms with E-state index in [2.05, 4.69) is 17.0 Å². The second-order valence-electron chi connectivity index (χ2n) is 11.0. The Bertz CT molecular complexity index is 1690. The van der Waals surface area contributed by atoms with Crippen molar-refractivity contribution in [2.24, 2.45) is 0 Å². The van der Waals surface area contributed by atoms with Crippen molar-refractivity contribution in [1.82, 2.24) is 14.8 Å². The number of carbonyl (C=O) groups excluding carboxylic acids is 1. The highest BCUT2D eigenvalue weighted by Gasteiger charge is 2.18. The monoisotopic (exact) mass is 639 g/mol. The van der Waals surface area contributed by atoms with E-state index in [1.807, 2.05) is 66.0 Å². The molecule has 0 saturated carbocycles. The van der Waals surface area contributed by atoms with E-state index in [-0.39, 0.29) is 11.7 Å². The number of nitrogens with zero attached hydrogens (tertiary/aromatic N) is 3. The third-order valence-electron chi connectivity index (χ3n) is 7.56. The molecule has 238 valence electrons. The highest BCUT2D eigenvalue weighted by atomic mass is 32.1. The molecule has 1 heterocycles. The predicted octanol–water partition coefficient (Wildman–Crippen LogP) is 7.40. The molecule has 5 rings (SSSR count). The Morgan fingerprint density at radius 1 is 0.783 bits per heavy atom. The number of amides is 1. The molecule has 0 spiro atoms. The minimum absolute atomic E-state index is 0.126. The van der Waals surface area contributed by atoms with Crippen molar-refractivity contribution in [3.63, 3.8) is 0 Å². The van der Waals surface area contributed by atoms with Crippen molar-refractivity contribution >= 4 is 17.2 Å². The molecule has 0 bridgehead atoms. The van der Waals surface area contributed by atoms with Crippen molar-refractivity contribution in [2.75, 3.05) is 27.8 Å². The minimum Gasteiger partial charge on any atom is -0.493 e. The zero-order chi connectivity index (χ0) is 32.3. The summed E-state index contributed by atoms with van der Waals surface area (Å²) in [4.78, 5) is 21.9. The van der Waals surface area contributed by atoms with E-state index >= 15 is 0 Å². The van der Waals surface area contributed by atoms with Crippen LogP contribution in [0.5, 0.6) is 17.2 Å². The average molecular weight is 640 g/mol. The van der Waals surface area contributed by atoms with E-state index in [1.165, 1.54) is 23.5 Å². The van der Waals surface area contributed by atoms with Gasteiger partial charge in [0.25, 0.3) is 5.91 Å². The highest BCUT2D eigenvalue weighted by molar-refractivity contribution is 7.09. The van der Waals surface area contributed by atoms with Gasteiger partial charge in [-0.1, -0.05) is 60.7 Å². The van der Waals surface area contributed by atoms with Gasteiger partial charge in [0, 0.05) is 32.1 Å². The van der Waals surface area contributed by atoms with Gasteiger partial charge in [-0.15, -0.1) is 11.3 Å². The lowest BCUT2D eigenvalue weighted by molar-refractivity contribution is 0.0791. The molecule has 0 aliphatic rings. The smallest absolute Gasteiger partial charge is 0.273 e. The number of methoxy groups -OCH3 is 2. The van der Waals surface area contributed by atoms with Gasteiger partial charge in [0.1, 0.15) is 28.9 Å². The lowest BCUT2D eigenvalue weighted by Crippen LogP contribution is -2.29. The summed E-state index contributed by atoms with van der Waals surface area (Å²) in [6.07, 6.45) is 0.668. The standard InChI is InChI=1S/C37H38FN3O4S/c1-40(20-19-27-13-18-34(43-2)35(21-27)44-3)37(42)33-26-46-36(39-33)24-41(22-28-9-14-31(38)15-10-28)23-29-11-16-32(17-12-29)45-25-30-7-5-4-6-8-30/h4-18,21,26H,19-20,22-25H2,1-3H3. The molecule has 0 aliphatic carbocycles. The molecule has 0 atom stereocenters. The zero-order valence-corrected chi connectivity index (χ0v) is 27.1. The zero-order valence-electron chi connectivity index (χ0n) is 26.3. The summed E-state index contributed by atoms with van der Waals surface area (Å²) in [5.41, 5.74) is 4.69. The number of rotatable bonds is 15. The van der Waals surface area contributed by atoms with Crippen LogP contribution in [0.1, 0.15) is 37.7 Å². The number of ether oxygens (including phenoxy) is 3. The van der Waals surface area contributed by atoms with Crippen LogP contribution < -0.4 is 14.2 Å². The van der Waals surface area contributed by atoms with Crippen LogP contribution >= 0.6 is 11.3 Å². The number of thiazole rings is 1. The van der Waals surface area contributed by atoms with Gasteiger partial charge in [0.05, 0.1) is 20.8 Å². The van der Waals surface area contributed by atoms with Gasteiger partial charge in [-0.2, -0.15) is 0 Å². The molecule has 7 nitrogen and oxygen atoms in total. The molecule has 0 saturated heterocycles. The Balaban J connectivity index is 1.21. The molecule has 0 fully saturated rings. The molecule has 0 N–H and O–H groups in total. The summed E-state index contributed by atoms with van der Waals surface area (Å²) >= 11 is 1.47. The first-order chi connectivity index (χ1) is 22.4. The van der Waals surface area contributed by atoms with Crippen LogP contribution in [0, 0.1) is 5.82 Å². The van der Waals surface area contributed by atoms with Crippen molar-refractivity contribution in [2.45, 2.75) is 32.7 Å². The Labute approximate surface area is 273 Å². The number of aromatic nitrogens is 1. The lowest BCUT2D eigenvalue weighted by atomic mass is 10.1. The molecule has 46 heavy (non-hydrogen) atoms. The Morgan fingerprint density at radius 2 is 1.43 bits per heavy atom. The second-order valence-corrected chi connectivity index (χ2v) is 11.9. The summed E-state index contributed by atoms with van der Waals surface area (Å²) in [7, 11) is 5.00. The highest BCUT2D eigenvalue weighted by Crippen LogP contribution is 2.28. The Kier molecular flexibility index (Phi) is 11.4. The molecule has 9 heteroatoms. The molecule has 4 aromatic carbocycles. The van der Waals surface area contributed by atoms with Crippen molar-refractivity contribution in [1.29, 1.82) is 0 Å². The largest absolute Gasteiger partial charge is 0.493 e. The molecular weight excluding hydrogens is 601 g/mol. The fourth-order valence-corrected chi connectivity index (χ4v) is 5.82. The van der Waals surface area contributed by atoms with Crippen LogP contribution in [0.2, 0.25) is 0 Å². The van der Waals surface area contributed by atoms with Crippen molar-refractivity contribution in [3.8, 4) is 17.2 Å². The van der Waals surface area contributed by atoms with Gasteiger partial charge in [-0.05, 0) is 65.1 Å². The van der Waals surface area contributed by atoms with Crippen LogP contribution in [0.3, 0.4) is 0 Å². The number of hydrogen-bond donors (Lipinski definition) is 0. The van der Waals surface area contributed by atoms with E-state index in [0.29, 0.717) is 56.4 Å². The van der Waals surface area contributed by atoms with Crippen LogP contribution in [-0.4, -0.2) is 48.5 Å². The molecule has 5 aromatic rings. The third-order valence-corrected chi connectivity index (χ3v) is 8.39. The molecule has 1 aromatic heterocycles. The number of carbonyl (C=O) groups is 1. The summed E-state index contributed by atoms with van der Waals surface area (Å²) < 4.78 is 30.3. The first kappa shape index (κ1) is 32.7. The quantitative estimate of drug-likeness (QED) is 0.119.